The van der Waals surface area contributed by atoms with Crippen molar-refractivity contribution in [3.05, 3.63) is 35.4 Å². The van der Waals surface area contributed by atoms with Crippen LogP contribution in [0.1, 0.15) is 23.5 Å². The van der Waals surface area contributed by atoms with Crippen LogP contribution in [0.15, 0.2) is 24.3 Å². The summed E-state index contributed by atoms with van der Waals surface area (Å²) in [4.78, 5) is 15.3. The Labute approximate surface area is 120 Å². The lowest BCUT2D eigenvalue weighted by Gasteiger charge is -2.34. The fourth-order valence-electron chi connectivity index (χ4n) is 3.39. The van der Waals surface area contributed by atoms with Crippen LogP contribution in [-0.4, -0.2) is 60.1 Å². The van der Waals surface area contributed by atoms with Gasteiger partial charge in [0.2, 0.25) is 0 Å². The number of carboxylic acids is 1. The summed E-state index contributed by atoms with van der Waals surface area (Å²) in [7, 11) is 0. The summed E-state index contributed by atoms with van der Waals surface area (Å²) in [6.07, 6.45) is 2.27. The van der Waals surface area contributed by atoms with E-state index < -0.39 is 5.97 Å². The van der Waals surface area contributed by atoms with Crippen molar-refractivity contribution in [1.29, 1.82) is 0 Å². The van der Waals surface area contributed by atoms with E-state index in [-0.39, 0.29) is 6.54 Å². The molecule has 1 aromatic rings. The maximum absolute atomic E-state index is 10.8. The van der Waals surface area contributed by atoms with Gasteiger partial charge in [0.15, 0.2) is 0 Å². The number of carboxylic acid groups (broad SMARTS) is 1. The molecule has 3 rings (SSSR count). The normalized spacial score (nSPS) is 23.7. The maximum atomic E-state index is 10.8. The number of carbonyl (C=O) groups is 1. The van der Waals surface area contributed by atoms with Crippen molar-refractivity contribution in [1.82, 2.24) is 9.80 Å². The van der Waals surface area contributed by atoms with E-state index in [9.17, 15) is 4.79 Å². The van der Waals surface area contributed by atoms with Crippen LogP contribution in [0.25, 0.3) is 0 Å². The third-order valence-corrected chi connectivity index (χ3v) is 4.48. The molecule has 1 aliphatic heterocycles. The molecule has 0 radical (unpaired) electrons. The van der Waals surface area contributed by atoms with Gasteiger partial charge in [0.1, 0.15) is 0 Å². The largest absolute Gasteiger partial charge is 0.480 e. The molecule has 1 heterocycles. The van der Waals surface area contributed by atoms with Crippen molar-refractivity contribution in [3.63, 3.8) is 0 Å². The molecule has 1 unspecified atom stereocenters. The van der Waals surface area contributed by atoms with Crippen LogP contribution in [0.5, 0.6) is 0 Å². The van der Waals surface area contributed by atoms with Crippen molar-refractivity contribution >= 4 is 5.97 Å². The van der Waals surface area contributed by atoms with Gasteiger partial charge in [0.25, 0.3) is 0 Å². The molecular formula is C16H22N2O2. The fraction of sp³-hybridized carbons (Fsp3) is 0.562. The second kappa shape index (κ2) is 5.94. The van der Waals surface area contributed by atoms with E-state index in [0.717, 1.165) is 39.1 Å². The lowest BCUT2D eigenvalue weighted by molar-refractivity contribution is -0.138. The Kier molecular flexibility index (Phi) is 4.03. The Morgan fingerprint density at radius 3 is 2.70 bits per heavy atom. The quantitative estimate of drug-likeness (QED) is 0.902. The van der Waals surface area contributed by atoms with Gasteiger partial charge in [-0.05, 0) is 30.5 Å². The van der Waals surface area contributed by atoms with Crippen molar-refractivity contribution in [2.24, 2.45) is 0 Å². The van der Waals surface area contributed by atoms with Gasteiger partial charge >= 0.3 is 5.97 Å². The number of aliphatic carboxylic acids is 1. The number of rotatable bonds is 4. The molecule has 108 valence electrons. The number of fused-ring (bicyclic) bond motifs is 1. The van der Waals surface area contributed by atoms with Crippen LogP contribution in [0.3, 0.4) is 0 Å². The lowest BCUT2D eigenvalue weighted by atomic mass is 9.77. The Morgan fingerprint density at radius 2 is 1.90 bits per heavy atom. The summed E-state index contributed by atoms with van der Waals surface area (Å²) >= 11 is 0. The van der Waals surface area contributed by atoms with Crippen LogP contribution >= 0.6 is 0 Å². The van der Waals surface area contributed by atoms with E-state index in [2.05, 4.69) is 34.1 Å². The third kappa shape index (κ3) is 3.02. The van der Waals surface area contributed by atoms with Gasteiger partial charge in [-0.15, -0.1) is 0 Å². The van der Waals surface area contributed by atoms with E-state index >= 15 is 0 Å². The molecule has 1 atom stereocenters. The molecule has 0 saturated carbocycles. The zero-order valence-electron chi connectivity index (χ0n) is 11.8. The van der Waals surface area contributed by atoms with Crippen LogP contribution < -0.4 is 0 Å². The SMILES string of the molecule is O=C(O)CN1CCCN(CC2Cc3ccccc32)CC1. The average Bonchev–Trinajstić information content (AvgIpc) is 2.61. The monoisotopic (exact) mass is 274 g/mol. The Hall–Kier alpha value is -1.39. The van der Waals surface area contributed by atoms with Crippen molar-refractivity contribution < 1.29 is 9.90 Å². The fourth-order valence-corrected chi connectivity index (χ4v) is 3.39. The van der Waals surface area contributed by atoms with E-state index in [1.165, 1.54) is 17.5 Å². The molecule has 0 bridgehead atoms. The number of nitrogens with zero attached hydrogens (tertiary/aromatic N) is 2. The van der Waals surface area contributed by atoms with E-state index in [0.29, 0.717) is 5.92 Å². The van der Waals surface area contributed by atoms with Crippen molar-refractivity contribution in [3.8, 4) is 0 Å². The summed E-state index contributed by atoms with van der Waals surface area (Å²) in [6, 6.07) is 8.72. The van der Waals surface area contributed by atoms with Crippen molar-refractivity contribution in [2.45, 2.75) is 18.8 Å². The van der Waals surface area contributed by atoms with Gasteiger partial charge in [0.05, 0.1) is 6.54 Å². The Bertz CT molecular complexity index is 489. The zero-order chi connectivity index (χ0) is 13.9. The van der Waals surface area contributed by atoms with E-state index in [4.69, 9.17) is 5.11 Å². The first-order chi connectivity index (χ1) is 9.72. The van der Waals surface area contributed by atoms with Crippen molar-refractivity contribution in [2.75, 3.05) is 39.3 Å². The van der Waals surface area contributed by atoms with E-state index in [1.807, 2.05) is 0 Å². The third-order valence-electron chi connectivity index (χ3n) is 4.48. The van der Waals surface area contributed by atoms with Crippen LogP contribution in [0.2, 0.25) is 0 Å². The molecule has 4 nitrogen and oxygen atoms in total. The molecule has 1 N–H and O–H groups in total. The standard InChI is InChI=1S/C16H22N2O2/c19-16(20)12-18-7-3-6-17(8-9-18)11-14-10-13-4-1-2-5-15(13)14/h1-2,4-5,14H,3,6-12H2,(H,19,20). The number of benzene rings is 1. The minimum absolute atomic E-state index is 0.181. The molecule has 20 heavy (non-hydrogen) atoms. The Balaban J connectivity index is 1.51. The van der Waals surface area contributed by atoms with Gasteiger partial charge in [-0.3, -0.25) is 9.69 Å². The lowest BCUT2D eigenvalue weighted by Crippen LogP contribution is -2.37. The molecule has 4 heteroatoms. The molecular weight excluding hydrogens is 252 g/mol. The van der Waals surface area contributed by atoms with Crippen LogP contribution in [0, 0.1) is 0 Å². The first kappa shape index (κ1) is 13.6. The van der Waals surface area contributed by atoms with Gasteiger partial charge in [-0.2, -0.15) is 0 Å². The number of hydrogen-bond donors (Lipinski definition) is 1. The zero-order valence-corrected chi connectivity index (χ0v) is 11.8. The predicted octanol–water partition coefficient (Wildman–Crippen LogP) is 1.42. The highest BCUT2D eigenvalue weighted by molar-refractivity contribution is 5.69. The second-order valence-electron chi connectivity index (χ2n) is 5.92. The molecule has 1 aromatic carbocycles. The van der Waals surface area contributed by atoms with Gasteiger partial charge < -0.3 is 10.0 Å². The molecule has 1 aliphatic carbocycles. The maximum Gasteiger partial charge on any atom is 0.317 e. The summed E-state index contributed by atoms with van der Waals surface area (Å²) in [5.74, 6) is -0.0383. The summed E-state index contributed by atoms with van der Waals surface area (Å²) in [5.41, 5.74) is 3.01. The second-order valence-corrected chi connectivity index (χ2v) is 5.92. The van der Waals surface area contributed by atoms with Gasteiger partial charge in [0, 0.05) is 32.1 Å². The Morgan fingerprint density at radius 1 is 1.15 bits per heavy atom. The molecule has 1 fully saturated rings. The van der Waals surface area contributed by atoms with Crippen LogP contribution in [0.4, 0.5) is 0 Å². The predicted molar refractivity (Wildman–Crippen MR) is 78.0 cm³/mol. The molecule has 2 aliphatic rings. The summed E-state index contributed by atoms with van der Waals surface area (Å²) < 4.78 is 0. The molecule has 0 amide bonds. The molecule has 1 saturated heterocycles. The minimum atomic E-state index is -0.716. The minimum Gasteiger partial charge on any atom is -0.480 e. The average molecular weight is 274 g/mol. The summed E-state index contributed by atoms with van der Waals surface area (Å²) in [6.45, 7) is 5.17. The molecule has 0 aromatic heterocycles. The van der Waals surface area contributed by atoms with Gasteiger partial charge in [-0.25, -0.2) is 0 Å². The summed E-state index contributed by atoms with van der Waals surface area (Å²) in [5, 5.41) is 8.87. The highest BCUT2D eigenvalue weighted by Crippen LogP contribution is 2.35. The first-order valence-corrected chi connectivity index (χ1v) is 7.46. The molecule has 0 spiro atoms. The van der Waals surface area contributed by atoms with Gasteiger partial charge in [-0.1, -0.05) is 24.3 Å². The first-order valence-electron chi connectivity index (χ1n) is 7.46. The smallest absolute Gasteiger partial charge is 0.317 e. The number of hydrogen-bond acceptors (Lipinski definition) is 3. The highest BCUT2D eigenvalue weighted by Gasteiger charge is 2.28. The van der Waals surface area contributed by atoms with E-state index in [1.54, 1.807) is 0 Å². The highest BCUT2D eigenvalue weighted by atomic mass is 16.4. The van der Waals surface area contributed by atoms with Crippen LogP contribution in [-0.2, 0) is 11.2 Å². The topological polar surface area (TPSA) is 43.8 Å².